The zero-order valence-electron chi connectivity index (χ0n) is 10.9. The lowest BCUT2D eigenvalue weighted by molar-refractivity contribution is 0.419. The van der Waals surface area contributed by atoms with Gasteiger partial charge in [-0.05, 0) is 25.8 Å². The van der Waals surface area contributed by atoms with Crippen molar-refractivity contribution in [3.05, 3.63) is 24.3 Å². The second-order valence-electron chi connectivity index (χ2n) is 5.38. The summed E-state index contributed by atoms with van der Waals surface area (Å²) < 4.78 is 2.27. The van der Waals surface area contributed by atoms with Gasteiger partial charge in [0, 0.05) is 24.7 Å². The molecule has 2 aromatic heterocycles. The lowest BCUT2D eigenvalue weighted by Crippen LogP contribution is -2.39. The first kappa shape index (κ1) is 11.7. The first-order valence-electron chi connectivity index (χ1n) is 6.80. The van der Waals surface area contributed by atoms with Gasteiger partial charge in [-0.1, -0.05) is 12.8 Å². The van der Waals surface area contributed by atoms with Gasteiger partial charge in [-0.15, -0.1) is 0 Å². The summed E-state index contributed by atoms with van der Waals surface area (Å²) in [6.45, 7) is 3.09. The van der Waals surface area contributed by atoms with Crippen molar-refractivity contribution in [3.63, 3.8) is 0 Å². The molecule has 2 heterocycles. The van der Waals surface area contributed by atoms with Crippen molar-refractivity contribution >= 4 is 11.0 Å². The van der Waals surface area contributed by atoms with E-state index in [1.165, 1.54) is 18.4 Å². The molecule has 1 saturated carbocycles. The second-order valence-corrected chi connectivity index (χ2v) is 5.38. The number of pyridine rings is 1. The predicted octanol–water partition coefficient (Wildman–Crippen LogP) is 2.27. The van der Waals surface area contributed by atoms with Crippen molar-refractivity contribution in [3.8, 4) is 0 Å². The number of hydrogen-bond acceptors (Lipinski definition) is 3. The van der Waals surface area contributed by atoms with Crippen LogP contribution in [0.5, 0.6) is 0 Å². The van der Waals surface area contributed by atoms with Gasteiger partial charge in [-0.25, -0.2) is 4.98 Å². The Hall–Kier alpha value is -1.42. The molecule has 0 aliphatic heterocycles. The van der Waals surface area contributed by atoms with E-state index in [9.17, 15) is 0 Å². The SMILES string of the molecule is CCn1c(CC2(N)CCCC2)nc2cnccc21. The number of nitrogens with zero attached hydrogens (tertiary/aromatic N) is 3. The fourth-order valence-corrected chi connectivity index (χ4v) is 3.09. The lowest BCUT2D eigenvalue weighted by atomic mass is 9.94. The van der Waals surface area contributed by atoms with Crippen LogP contribution in [0.2, 0.25) is 0 Å². The van der Waals surface area contributed by atoms with Crippen LogP contribution < -0.4 is 5.73 Å². The summed E-state index contributed by atoms with van der Waals surface area (Å²) in [5.74, 6) is 1.12. The van der Waals surface area contributed by atoms with Gasteiger partial charge in [0.15, 0.2) is 0 Å². The molecule has 1 aliphatic carbocycles. The Morgan fingerprint density at radius 3 is 2.89 bits per heavy atom. The number of rotatable bonds is 3. The summed E-state index contributed by atoms with van der Waals surface area (Å²) in [6, 6.07) is 2.03. The monoisotopic (exact) mass is 244 g/mol. The highest BCUT2D eigenvalue weighted by molar-refractivity contribution is 5.74. The van der Waals surface area contributed by atoms with Gasteiger partial charge in [0.25, 0.3) is 0 Å². The van der Waals surface area contributed by atoms with Crippen LogP contribution in [-0.4, -0.2) is 20.1 Å². The summed E-state index contributed by atoms with van der Waals surface area (Å²) in [7, 11) is 0. The zero-order chi connectivity index (χ0) is 12.6. The summed E-state index contributed by atoms with van der Waals surface area (Å²) >= 11 is 0. The second kappa shape index (κ2) is 4.35. The Morgan fingerprint density at radius 2 is 2.17 bits per heavy atom. The molecule has 96 valence electrons. The van der Waals surface area contributed by atoms with E-state index in [0.29, 0.717) is 0 Å². The maximum absolute atomic E-state index is 6.47. The fraction of sp³-hybridized carbons (Fsp3) is 0.571. The third-order valence-corrected chi connectivity index (χ3v) is 4.06. The summed E-state index contributed by atoms with van der Waals surface area (Å²) in [6.07, 6.45) is 9.30. The zero-order valence-corrected chi connectivity index (χ0v) is 10.9. The van der Waals surface area contributed by atoms with E-state index in [1.807, 2.05) is 18.5 Å². The highest BCUT2D eigenvalue weighted by Crippen LogP contribution is 2.31. The standard InChI is InChI=1S/C14H20N4/c1-2-18-12-5-8-16-10-11(12)17-13(18)9-14(15)6-3-4-7-14/h5,8,10H,2-4,6-7,9,15H2,1H3. The van der Waals surface area contributed by atoms with Crippen molar-refractivity contribution < 1.29 is 0 Å². The van der Waals surface area contributed by atoms with Crippen LogP contribution in [0.3, 0.4) is 0 Å². The molecular formula is C14H20N4. The number of aromatic nitrogens is 3. The summed E-state index contributed by atoms with van der Waals surface area (Å²) in [4.78, 5) is 8.86. The van der Waals surface area contributed by atoms with Crippen LogP contribution in [0.25, 0.3) is 11.0 Å². The molecular weight excluding hydrogens is 224 g/mol. The molecule has 4 heteroatoms. The van der Waals surface area contributed by atoms with E-state index in [-0.39, 0.29) is 5.54 Å². The Morgan fingerprint density at radius 1 is 1.39 bits per heavy atom. The first-order valence-corrected chi connectivity index (χ1v) is 6.80. The molecule has 18 heavy (non-hydrogen) atoms. The molecule has 0 radical (unpaired) electrons. The van der Waals surface area contributed by atoms with Crippen molar-refractivity contribution in [2.24, 2.45) is 5.73 Å². The normalized spacial score (nSPS) is 18.6. The molecule has 0 saturated heterocycles. The molecule has 0 aromatic carbocycles. The molecule has 2 N–H and O–H groups in total. The third-order valence-electron chi connectivity index (χ3n) is 4.06. The van der Waals surface area contributed by atoms with Crippen LogP contribution >= 0.6 is 0 Å². The van der Waals surface area contributed by atoms with Gasteiger partial charge in [0.2, 0.25) is 0 Å². The summed E-state index contributed by atoms with van der Waals surface area (Å²) in [5, 5.41) is 0. The van der Waals surface area contributed by atoms with Gasteiger partial charge in [0.05, 0.1) is 11.7 Å². The van der Waals surface area contributed by atoms with Crippen molar-refractivity contribution in [2.75, 3.05) is 0 Å². The minimum Gasteiger partial charge on any atom is -0.328 e. The van der Waals surface area contributed by atoms with Gasteiger partial charge < -0.3 is 10.3 Å². The smallest absolute Gasteiger partial charge is 0.111 e. The van der Waals surface area contributed by atoms with Crippen molar-refractivity contribution in [1.82, 2.24) is 14.5 Å². The van der Waals surface area contributed by atoms with E-state index < -0.39 is 0 Å². The van der Waals surface area contributed by atoms with E-state index in [0.717, 1.165) is 37.1 Å². The minimum atomic E-state index is -0.0400. The number of hydrogen-bond donors (Lipinski definition) is 1. The first-order chi connectivity index (χ1) is 8.72. The third kappa shape index (κ3) is 1.90. The number of imidazole rings is 1. The largest absolute Gasteiger partial charge is 0.328 e. The highest BCUT2D eigenvalue weighted by Gasteiger charge is 2.31. The maximum Gasteiger partial charge on any atom is 0.111 e. The van der Waals surface area contributed by atoms with Crippen LogP contribution in [-0.2, 0) is 13.0 Å². The fourth-order valence-electron chi connectivity index (χ4n) is 3.09. The molecule has 2 aromatic rings. The van der Waals surface area contributed by atoms with E-state index in [4.69, 9.17) is 10.7 Å². The Balaban J connectivity index is 2.00. The van der Waals surface area contributed by atoms with Crippen LogP contribution in [0.1, 0.15) is 38.4 Å². The minimum absolute atomic E-state index is 0.0400. The Bertz CT molecular complexity index is 552. The molecule has 1 fully saturated rings. The molecule has 1 aliphatic rings. The van der Waals surface area contributed by atoms with Crippen molar-refractivity contribution in [2.45, 2.75) is 51.1 Å². The molecule has 0 unspecified atom stereocenters. The Kier molecular flexibility index (Phi) is 2.82. The topological polar surface area (TPSA) is 56.7 Å². The van der Waals surface area contributed by atoms with E-state index >= 15 is 0 Å². The quantitative estimate of drug-likeness (QED) is 0.901. The maximum atomic E-state index is 6.47. The molecule has 0 atom stereocenters. The van der Waals surface area contributed by atoms with Crippen LogP contribution in [0, 0.1) is 0 Å². The molecule has 0 amide bonds. The number of nitrogens with two attached hydrogens (primary N) is 1. The van der Waals surface area contributed by atoms with Gasteiger partial charge in [-0.3, -0.25) is 4.98 Å². The Labute approximate surface area is 107 Å². The predicted molar refractivity (Wildman–Crippen MR) is 72.3 cm³/mol. The molecule has 0 spiro atoms. The summed E-state index contributed by atoms with van der Waals surface area (Å²) in [5.41, 5.74) is 8.58. The van der Waals surface area contributed by atoms with Crippen LogP contribution in [0.15, 0.2) is 18.5 Å². The lowest BCUT2D eigenvalue weighted by Gasteiger charge is -2.23. The van der Waals surface area contributed by atoms with E-state index in [1.54, 1.807) is 0 Å². The highest BCUT2D eigenvalue weighted by atomic mass is 15.1. The van der Waals surface area contributed by atoms with Gasteiger partial charge in [-0.2, -0.15) is 0 Å². The number of fused-ring (bicyclic) bond motifs is 1. The molecule has 4 nitrogen and oxygen atoms in total. The average Bonchev–Trinajstić information content (AvgIpc) is 2.92. The van der Waals surface area contributed by atoms with E-state index in [2.05, 4.69) is 16.5 Å². The van der Waals surface area contributed by atoms with Gasteiger partial charge >= 0.3 is 0 Å². The van der Waals surface area contributed by atoms with Gasteiger partial charge in [0.1, 0.15) is 11.3 Å². The van der Waals surface area contributed by atoms with Crippen molar-refractivity contribution in [1.29, 1.82) is 0 Å². The average molecular weight is 244 g/mol. The molecule has 0 bridgehead atoms. The van der Waals surface area contributed by atoms with Crippen LogP contribution in [0.4, 0.5) is 0 Å². The number of aryl methyl sites for hydroxylation is 1. The molecule has 3 rings (SSSR count).